The Kier molecular flexibility index (Phi) is 7.26. The van der Waals surface area contributed by atoms with E-state index in [0.717, 1.165) is 23.1 Å². The van der Waals surface area contributed by atoms with Crippen molar-refractivity contribution >= 4 is 40.8 Å². The van der Waals surface area contributed by atoms with E-state index in [4.69, 9.17) is 0 Å². The maximum atomic E-state index is 12.5. The molecular formula is C20H21F2N3O5S. The molecule has 2 atom stereocenters. The maximum absolute atomic E-state index is 12.5. The second kappa shape index (κ2) is 9.90. The molecule has 11 heteroatoms. The number of ether oxygens (including phenoxy) is 1. The zero-order chi connectivity index (χ0) is 22.5. The molecule has 2 aliphatic rings. The van der Waals surface area contributed by atoms with Crippen LogP contribution in [-0.4, -0.2) is 54.1 Å². The number of carbonyl (C=O) groups excluding carboxylic acids is 4. The Labute approximate surface area is 181 Å². The lowest BCUT2D eigenvalue weighted by molar-refractivity contribution is -0.127. The Bertz CT molecular complexity index is 907. The van der Waals surface area contributed by atoms with E-state index in [-0.39, 0.29) is 42.1 Å². The molecule has 1 saturated heterocycles. The summed E-state index contributed by atoms with van der Waals surface area (Å²) in [6.45, 7) is -1.08. The fraction of sp³-hybridized carbons (Fsp3) is 0.400. The molecule has 0 aromatic heterocycles. The molecule has 4 amide bonds. The summed E-state index contributed by atoms with van der Waals surface area (Å²) in [5, 5.41) is 4.64. The molecule has 8 nitrogen and oxygen atoms in total. The van der Waals surface area contributed by atoms with E-state index in [1.807, 2.05) is 6.92 Å². The van der Waals surface area contributed by atoms with Gasteiger partial charge in [-0.25, -0.2) is 0 Å². The first-order valence-corrected chi connectivity index (χ1v) is 10.4. The lowest BCUT2D eigenvalue weighted by Gasteiger charge is -2.13. The summed E-state index contributed by atoms with van der Waals surface area (Å²) in [5.41, 5.74) is 0.543. The van der Waals surface area contributed by atoms with Gasteiger partial charge in [-0.15, -0.1) is 0 Å². The Morgan fingerprint density at radius 2 is 1.94 bits per heavy atom. The number of rotatable bonds is 9. The number of halogens is 2. The van der Waals surface area contributed by atoms with Crippen LogP contribution in [0.1, 0.15) is 18.9 Å². The van der Waals surface area contributed by atoms with Crippen LogP contribution >= 0.6 is 11.8 Å². The number of amides is 4. The van der Waals surface area contributed by atoms with Crippen LogP contribution in [0, 0.1) is 11.8 Å². The number of benzene rings is 1. The van der Waals surface area contributed by atoms with Gasteiger partial charge in [0.15, 0.2) is 0 Å². The molecule has 31 heavy (non-hydrogen) atoms. The van der Waals surface area contributed by atoms with Gasteiger partial charge in [0.05, 0.1) is 11.4 Å². The quantitative estimate of drug-likeness (QED) is 0.556. The van der Waals surface area contributed by atoms with Crippen molar-refractivity contribution in [2.75, 3.05) is 19.6 Å². The average molecular weight is 453 g/mol. The molecule has 1 heterocycles. The van der Waals surface area contributed by atoms with E-state index >= 15 is 0 Å². The highest BCUT2D eigenvalue weighted by Crippen LogP contribution is 2.37. The van der Waals surface area contributed by atoms with Gasteiger partial charge in [0, 0.05) is 19.0 Å². The number of nitrogens with zero attached hydrogens (tertiary/aromatic N) is 1. The van der Waals surface area contributed by atoms with Gasteiger partial charge in [-0.3, -0.25) is 24.1 Å². The minimum atomic E-state index is -2.93. The molecule has 1 aromatic carbocycles. The van der Waals surface area contributed by atoms with Crippen molar-refractivity contribution in [3.05, 3.63) is 34.7 Å². The van der Waals surface area contributed by atoms with Crippen LogP contribution in [0.3, 0.4) is 0 Å². The smallest absolute Gasteiger partial charge is 0.387 e. The largest absolute Gasteiger partial charge is 0.435 e. The highest BCUT2D eigenvalue weighted by molar-refractivity contribution is 8.18. The van der Waals surface area contributed by atoms with Crippen molar-refractivity contribution in [3.8, 4) is 5.75 Å². The fourth-order valence-electron chi connectivity index (χ4n) is 2.95. The number of imide groups is 1. The van der Waals surface area contributed by atoms with Gasteiger partial charge in [0.2, 0.25) is 11.8 Å². The lowest BCUT2D eigenvalue weighted by Crippen LogP contribution is -2.41. The predicted octanol–water partition coefficient (Wildman–Crippen LogP) is 2.21. The van der Waals surface area contributed by atoms with E-state index in [2.05, 4.69) is 15.4 Å². The Morgan fingerprint density at radius 1 is 1.26 bits per heavy atom. The Hall–Kier alpha value is -2.95. The van der Waals surface area contributed by atoms with Crippen LogP contribution in [0.2, 0.25) is 0 Å². The normalized spacial score (nSPS) is 21.5. The molecule has 166 valence electrons. The Balaban J connectivity index is 1.45. The zero-order valence-corrected chi connectivity index (χ0v) is 17.4. The number of alkyl halides is 2. The molecular weight excluding hydrogens is 432 g/mol. The van der Waals surface area contributed by atoms with E-state index in [9.17, 15) is 28.0 Å². The van der Waals surface area contributed by atoms with Gasteiger partial charge in [-0.1, -0.05) is 19.1 Å². The number of hydrogen-bond acceptors (Lipinski definition) is 6. The summed E-state index contributed by atoms with van der Waals surface area (Å²) in [5.74, 6) is -0.753. The van der Waals surface area contributed by atoms with Crippen molar-refractivity contribution in [3.63, 3.8) is 0 Å². The van der Waals surface area contributed by atoms with Crippen molar-refractivity contribution in [2.24, 2.45) is 11.8 Å². The van der Waals surface area contributed by atoms with E-state index < -0.39 is 23.7 Å². The highest BCUT2D eigenvalue weighted by Gasteiger charge is 2.39. The van der Waals surface area contributed by atoms with Crippen LogP contribution in [0.25, 0.3) is 6.08 Å². The molecule has 0 radical (unpaired) electrons. The molecule has 0 spiro atoms. The predicted molar refractivity (Wildman–Crippen MR) is 109 cm³/mol. The molecule has 2 unspecified atom stereocenters. The van der Waals surface area contributed by atoms with Crippen molar-refractivity contribution < 1.29 is 32.7 Å². The second-order valence-electron chi connectivity index (χ2n) is 7.17. The highest BCUT2D eigenvalue weighted by atomic mass is 32.2. The Morgan fingerprint density at radius 3 is 2.55 bits per heavy atom. The molecule has 2 fully saturated rings. The van der Waals surface area contributed by atoms with Crippen molar-refractivity contribution in [1.29, 1.82) is 0 Å². The average Bonchev–Trinajstić information content (AvgIpc) is 3.39. The van der Waals surface area contributed by atoms with Gasteiger partial charge in [0.25, 0.3) is 11.1 Å². The van der Waals surface area contributed by atoms with E-state index in [0.29, 0.717) is 11.5 Å². The van der Waals surface area contributed by atoms with Crippen LogP contribution in [0.15, 0.2) is 29.2 Å². The SMILES string of the molecule is CC1CC1C(=O)NCC(=O)NCCN1C(=O)S/C(=C\c2ccc(OC(F)F)cc2)C1=O. The van der Waals surface area contributed by atoms with Gasteiger partial charge in [0.1, 0.15) is 5.75 Å². The van der Waals surface area contributed by atoms with Gasteiger partial charge in [-0.05, 0) is 47.9 Å². The van der Waals surface area contributed by atoms with Gasteiger partial charge in [-0.2, -0.15) is 8.78 Å². The summed E-state index contributed by atoms with van der Waals surface area (Å²) < 4.78 is 28.7. The van der Waals surface area contributed by atoms with Crippen LogP contribution in [0.5, 0.6) is 5.75 Å². The third-order valence-corrected chi connectivity index (χ3v) is 5.71. The number of nitrogens with one attached hydrogen (secondary N) is 2. The fourth-order valence-corrected chi connectivity index (χ4v) is 3.81. The van der Waals surface area contributed by atoms with Crippen molar-refractivity contribution in [1.82, 2.24) is 15.5 Å². The molecule has 3 rings (SSSR count). The monoisotopic (exact) mass is 453 g/mol. The maximum Gasteiger partial charge on any atom is 0.387 e. The molecule has 1 saturated carbocycles. The minimum Gasteiger partial charge on any atom is -0.435 e. The molecule has 1 aliphatic carbocycles. The first-order chi connectivity index (χ1) is 14.7. The topological polar surface area (TPSA) is 105 Å². The molecule has 2 N–H and O–H groups in total. The summed E-state index contributed by atoms with van der Waals surface area (Å²) in [4.78, 5) is 49.3. The summed E-state index contributed by atoms with van der Waals surface area (Å²) in [7, 11) is 0. The zero-order valence-electron chi connectivity index (χ0n) is 16.6. The lowest BCUT2D eigenvalue weighted by atomic mass is 10.2. The van der Waals surface area contributed by atoms with Gasteiger partial charge >= 0.3 is 6.61 Å². The molecule has 1 aliphatic heterocycles. The van der Waals surface area contributed by atoms with E-state index in [1.54, 1.807) is 0 Å². The van der Waals surface area contributed by atoms with Crippen molar-refractivity contribution in [2.45, 2.75) is 20.0 Å². The van der Waals surface area contributed by atoms with Crippen LogP contribution in [-0.2, 0) is 14.4 Å². The number of hydrogen-bond donors (Lipinski definition) is 2. The third-order valence-electron chi connectivity index (χ3n) is 4.80. The number of carbonyl (C=O) groups is 4. The minimum absolute atomic E-state index is 0.0114. The summed E-state index contributed by atoms with van der Waals surface area (Å²) in [6.07, 6.45) is 2.30. The second-order valence-corrected chi connectivity index (χ2v) is 8.16. The summed E-state index contributed by atoms with van der Waals surface area (Å²) >= 11 is 0.752. The van der Waals surface area contributed by atoms with Crippen LogP contribution in [0.4, 0.5) is 13.6 Å². The van der Waals surface area contributed by atoms with Gasteiger partial charge < -0.3 is 15.4 Å². The third kappa shape index (κ3) is 6.27. The van der Waals surface area contributed by atoms with Crippen LogP contribution < -0.4 is 15.4 Å². The summed E-state index contributed by atoms with van der Waals surface area (Å²) in [6, 6.07) is 5.64. The van der Waals surface area contributed by atoms with E-state index in [1.165, 1.54) is 30.3 Å². The first kappa shape index (κ1) is 22.7. The molecule has 0 bridgehead atoms. The number of thioether (sulfide) groups is 1. The molecule has 1 aromatic rings. The standard InChI is InChI=1S/C20H21F2N3O5S/c1-11-8-14(11)17(27)24-10-16(26)23-6-7-25-18(28)15(31-20(25)29)9-12-2-4-13(5-3-12)30-19(21)22/h2-5,9,11,14,19H,6-8,10H2,1H3,(H,23,26)(H,24,27)/b15-9-. The first-order valence-electron chi connectivity index (χ1n) is 9.59.